The Bertz CT molecular complexity index is 716. The summed E-state index contributed by atoms with van der Waals surface area (Å²) in [6.45, 7) is 3.19. The third-order valence-corrected chi connectivity index (χ3v) is 4.03. The van der Waals surface area contributed by atoms with E-state index in [0.29, 0.717) is 11.1 Å². The molecule has 1 amide bonds. The number of aromatic nitrogens is 1. The van der Waals surface area contributed by atoms with Crippen molar-refractivity contribution in [1.29, 1.82) is 0 Å². The summed E-state index contributed by atoms with van der Waals surface area (Å²) in [4.78, 5) is 31.3. The first-order chi connectivity index (χ1) is 10.6. The molecule has 0 saturated carbocycles. The van der Waals surface area contributed by atoms with E-state index in [1.54, 1.807) is 6.07 Å². The number of likely N-dealkylation sites (N-methyl/N-ethyl adjacent to an activating group) is 1. The zero-order valence-electron chi connectivity index (χ0n) is 12.6. The fourth-order valence-electron chi connectivity index (χ4n) is 2.63. The van der Waals surface area contributed by atoms with Crippen LogP contribution in [0.4, 0.5) is 0 Å². The summed E-state index contributed by atoms with van der Waals surface area (Å²) in [7, 11) is 2.05. The third kappa shape index (κ3) is 2.94. The molecule has 114 valence electrons. The first-order valence-corrected chi connectivity index (χ1v) is 7.41. The lowest BCUT2D eigenvalue weighted by Crippen LogP contribution is -2.47. The largest absolute Gasteiger partial charge is 0.336 e. The first kappa shape index (κ1) is 14.5. The van der Waals surface area contributed by atoms with Crippen molar-refractivity contribution in [1.82, 2.24) is 14.8 Å². The number of rotatable bonds is 2. The van der Waals surface area contributed by atoms with E-state index in [0.717, 1.165) is 31.7 Å². The topological polar surface area (TPSA) is 56.4 Å². The molecule has 1 aliphatic heterocycles. The van der Waals surface area contributed by atoms with E-state index in [9.17, 15) is 9.59 Å². The zero-order valence-corrected chi connectivity index (χ0v) is 12.6. The lowest BCUT2D eigenvalue weighted by molar-refractivity contribution is 0.0663. The van der Waals surface area contributed by atoms with Crippen LogP contribution in [0.25, 0.3) is 11.1 Å². The molecule has 0 bridgehead atoms. The van der Waals surface area contributed by atoms with Crippen molar-refractivity contribution >= 4 is 5.91 Å². The minimum Gasteiger partial charge on any atom is -0.336 e. The summed E-state index contributed by atoms with van der Waals surface area (Å²) in [6, 6.07) is 11.1. The number of hydrogen-bond acceptors (Lipinski definition) is 3. The number of carbonyl (C=O) groups is 1. The van der Waals surface area contributed by atoms with E-state index in [4.69, 9.17) is 0 Å². The lowest BCUT2D eigenvalue weighted by atomic mass is 10.1. The highest BCUT2D eigenvalue weighted by atomic mass is 16.2. The molecule has 0 atom stereocenters. The Morgan fingerprint density at radius 2 is 1.77 bits per heavy atom. The van der Waals surface area contributed by atoms with Gasteiger partial charge in [-0.15, -0.1) is 0 Å². The minimum atomic E-state index is -0.180. The summed E-state index contributed by atoms with van der Waals surface area (Å²) < 4.78 is 0. The normalized spacial score (nSPS) is 15.8. The Morgan fingerprint density at radius 3 is 2.45 bits per heavy atom. The number of benzene rings is 1. The average molecular weight is 297 g/mol. The summed E-state index contributed by atoms with van der Waals surface area (Å²) in [6.07, 6.45) is 1.51. The molecular formula is C17H19N3O2. The van der Waals surface area contributed by atoms with E-state index in [1.165, 1.54) is 6.20 Å². The monoisotopic (exact) mass is 297 g/mol. The van der Waals surface area contributed by atoms with E-state index in [-0.39, 0.29) is 11.5 Å². The Kier molecular flexibility index (Phi) is 4.06. The Balaban J connectivity index is 1.89. The van der Waals surface area contributed by atoms with Crippen LogP contribution in [-0.4, -0.2) is 53.9 Å². The van der Waals surface area contributed by atoms with Gasteiger partial charge in [-0.25, -0.2) is 0 Å². The molecule has 1 aliphatic rings. The molecule has 0 spiro atoms. The van der Waals surface area contributed by atoms with Gasteiger partial charge in [-0.3, -0.25) is 9.59 Å². The maximum atomic E-state index is 12.6. The molecule has 0 aliphatic carbocycles. The van der Waals surface area contributed by atoms with Crippen molar-refractivity contribution in [3.63, 3.8) is 0 Å². The molecule has 1 saturated heterocycles. The van der Waals surface area contributed by atoms with Crippen LogP contribution in [0, 0.1) is 0 Å². The highest BCUT2D eigenvalue weighted by Crippen LogP contribution is 2.16. The molecule has 0 unspecified atom stereocenters. The number of hydrogen-bond donors (Lipinski definition) is 1. The quantitative estimate of drug-likeness (QED) is 0.912. The number of nitrogens with one attached hydrogen (secondary N) is 1. The molecule has 3 rings (SSSR count). The number of H-pyrrole nitrogens is 1. The molecule has 1 aromatic heterocycles. The number of carbonyl (C=O) groups excluding carboxylic acids is 1. The van der Waals surface area contributed by atoms with Crippen molar-refractivity contribution in [3.8, 4) is 11.1 Å². The van der Waals surface area contributed by atoms with Crippen LogP contribution >= 0.6 is 0 Å². The summed E-state index contributed by atoms with van der Waals surface area (Å²) >= 11 is 0. The first-order valence-electron chi connectivity index (χ1n) is 7.41. The van der Waals surface area contributed by atoms with Gasteiger partial charge in [0.15, 0.2) is 0 Å². The van der Waals surface area contributed by atoms with E-state index in [1.807, 2.05) is 35.2 Å². The number of amides is 1. The van der Waals surface area contributed by atoms with Crippen LogP contribution in [0.15, 0.2) is 47.4 Å². The Morgan fingerprint density at radius 1 is 1.09 bits per heavy atom. The van der Waals surface area contributed by atoms with Crippen molar-refractivity contribution in [2.24, 2.45) is 0 Å². The fraction of sp³-hybridized carbons (Fsp3) is 0.294. The predicted octanol–water partition coefficient (Wildman–Crippen LogP) is 1.43. The van der Waals surface area contributed by atoms with Crippen molar-refractivity contribution in [2.75, 3.05) is 33.2 Å². The van der Waals surface area contributed by atoms with Gasteiger partial charge < -0.3 is 14.8 Å². The van der Waals surface area contributed by atoms with Crippen molar-refractivity contribution < 1.29 is 4.79 Å². The second-order valence-electron chi connectivity index (χ2n) is 5.59. The number of piperazine rings is 1. The average Bonchev–Trinajstić information content (AvgIpc) is 2.56. The highest BCUT2D eigenvalue weighted by Gasteiger charge is 2.21. The molecule has 1 N–H and O–H groups in total. The molecule has 1 aromatic carbocycles. The van der Waals surface area contributed by atoms with Gasteiger partial charge in [0.2, 0.25) is 0 Å². The van der Waals surface area contributed by atoms with Gasteiger partial charge in [-0.05, 0) is 18.7 Å². The van der Waals surface area contributed by atoms with E-state index in [2.05, 4.69) is 16.9 Å². The van der Waals surface area contributed by atoms with Gasteiger partial charge >= 0.3 is 0 Å². The molecule has 22 heavy (non-hydrogen) atoms. The number of aromatic amines is 1. The van der Waals surface area contributed by atoms with E-state index < -0.39 is 0 Å². The van der Waals surface area contributed by atoms with Gasteiger partial charge in [0.05, 0.1) is 5.56 Å². The lowest BCUT2D eigenvalue weighted by Gasteiger charge is -2.32. The van der Waals surface area contributed by atoms with Gasteiger partial charge in [-0.2, -0.15) is 0 Å². The number of pyridine rings is 1. The second-order valence-corrected chi connectivity index (χ2v) is 5.59. The van der Waals surface area contributed by atoms with Gasteiger partial charge in [0.1, 0.15) is 0 Å². The van der Waals surface area contributed by atoms with Gasteiger partial charge in [-0.1, -0.05) is 30.3 Å². The standard InChI is InChI=1S/C17H19N3O2/c1-19-7-9-20(10-8-19)17(22)14-11-15(16(21)18-12-14)13-5-3-2-4-6-13/h2-6,11-12H,7-10H2,1H3,(H,18,21). The van der Waals surface area contributed by atoms with Crippen LogP contribution in [-0.2, 0) is 0 Å². The smallest absolute Gasteiger partial charge is 0.255 e. The van der Waals surface area contributed by atoms with Crippen LogP contribution < -0.4 is 5.56 Å². The minimum absolute atomic E-state index is 0.0264. The molecule has 5 heteroatoms. The summed E-state index contributed by atoms with van der Waals surface area (Å²) in [5.41, 5.74) is 1.70. The summed E-state index contributed by atoms with van der Waals surface area (Å²) in [5, 5.41) is 0. The highest BCUT2D eigenvalue weighted by molar-refractivity contribution is 5.95. The third-order valence-electron chi connectivity index (χ3n) is 4.03. The maximum Gasteiger partial charge on any atom is 0.255 e. The maximum absolute atomic E-state index is 12.6. The van der Waals surface area contributed by atoms with Gasteiger partial charge in [0, 0.05) is 37.9 Å². The molecule has 2 heterocycles. The molecule has 5 nitrogen and oxygen atoms in total. The molecule has 2 aromatic rings. The zero-order chi connectivity index (χ0) is 15.5. The fourth-order valence-corrected chi connectivity index (χ4v) is 2.63. The SMILES string of the molecule is CN1CCN(C(=O)c2c[nH]c(=O)c(-c3ccccc3)c2)CC1. The number of nitrogens with zero attached hydrogens (tertiary/aromatic N) is 2. The van der Waals surface area contributed by atoms with Crippen LogP contribution in [0.5, 0.6) is 0 Å². The van der Waals surface area contributed by atoms with Crippen molar-refractivity contribution in [2.45, 2.75) is 0 Å². The summed E-state index contributed by atoms with van der Waals surface area (Å²) in [5.74, 6) is -0.0264. The molecule has 0 radical (unpaired) electrons. The van der Waals surface area contributed by atoms with Crippen LogP contribution in [0.2, 0.25) is 0 Å². The predicted molar refractivity (Wildman–Crippen MR) is 85.9 cm³/mol. The molecular weight excluding hydrogens is 278 g/mol. The van der Waals surface area contributed by atoms with Crippen molar-refractivity contribution in [3.05, 3.63) is 58.5 Å². The Hall–Kier alpha value is -2.40. The molecule has 1 fully saturated rings. The Labute approximate surface area is 129 Å². The van der Waals surface area contributed by atoms with Crippen LogP contribution in [0.3, 0.4) is 0 Å². The second kappa shape index (κ2) is 6.15. The van der Waals surface area contributed by atoms with E-state index >= 15 is 0 Å². The van der Waals surface area contributed by atoms with Crippen LogP contribution in [0.1, 0.15) is 10.4 Å². The van der Waals surface area contributed by atoms with Gasteiger partial charge in [0.25, 0.3) is 11.5 Å².